The van der Waals surface area contributed by atoms with E-state index in [1.54, 1.807) is 7.05 Å². The number of carbonyl (C=O) groups excluding carboxylic acids is 1. The molecule has 1 aromatic rings. The minimum Gasteiger partial charge on any atom is -0.313 e. The second-order valence-corrected chi connectivity index (χ2v) is 4.19. The van der Waals surface area contributed by atoms with Crippen molar-refractivity contribution in [3.63, 3.8) is 0 Å². The highest BCUT2D eigenvalue weighted by atomic mass is 79.9. The molecule has 76 valence electrons. The maximum Gasteiger partial charge on any atom is 0.177 e. The molecule has 1 N–H and O–H groups in total. The lowest BCUT2D eigenvalue weighted by molar-refractivity contribution is 0.0992. The SMILES string of the molecule is CNCC(=O)c1cc(C)cc(C)c1Br. The van der Waals surface area contributed by atoms with Crippen LogP contribution in [0.15, 0.2) is 16.6 Å². The van der Waals surface area contributed by atoms with Gasteiger partial charge in [-0.15, -0.1) is 0 Å². The van der Waals surface area contributed by atoms with Crippen LogP contribution in [0.1, 0.15) is 21.5 Å². The lowest BCUT2D eigenvalue weighted by Crippen LogP contribution is -2.19. The van der Waals surface area contributed by atoms with Crippen molar-refractivity contribution in [3.05, 3.63) is 33.3 Å². The van der Waals surface area contributed by atoms with Crippen molar-refractivity contribution in [1.29, 1.82) is 0 Å². The topological polar surface area (TPSA) is 29.1 Å². The minimum atomic E-state index is 0.117. The molecule has 0 unspecified atom stereocenters. The molecule has 0 aliphatic carbocycles. The van der Waals surface area contributed by atoms with Gasteiger partial charge in [-0.25, -0.2) is 0 Å². The summed E-state index contributed by atoms with van der Waals surface area (Å²) in [5.41, 5.74) is 2.98. The molecule has 0 heterocycles. The van der Waals surface area contributed by atoms with Gasteiger partial charge in [0.05, 0.1) is 6.54 Å². The smallest absolute Gasteiger partial charge is 0.177 e. The summed E-state index contributed by atoms with van der Waals surface area (Å²) in [5.74, 6) is 0.117. The van der Waals surface area contributed by atoms with Gasteiger partial charge < -0.3 is 5.32 Å². The third-order valence-electron chi connectivity index (χ3n) is 2.04. The third-order valence-corrected chi connectivity index (χ3v) is 3.09. The van der Waals surface area contributed by atoms with Crippen LogP contribution in [0.25, 0.3) is 0 Å². The van der Waals surface area contributed by atoms with Crippen LogP contribution >= 0.6 is 15.9 Å². The Hall–Kier alpha value is -0.670. The Kier molecular flexibility index (Phi) is 3.84. The third kappa shape index (κ3) is 2.42. The summed E-state index contributed by atoms with van der Waals surface area (Å²) in [5, 5.41) is 2.86. The van der Waals surface area contributed by atoms with Gasteiger partial charge in [-0.05, 0) is 48.5 Å². The zero-order valence-electron chi connectivity index (χ0n) is 8.65. The summed E-state index contributed by atoms with van der Waals surface area (Å²) in [6.45, 7) is 4.37. The predicted octanol–water partition coefficient (Wildman–Crippen LogP) is 2.47. The first-order valence-corrected chi connectivity index (χ1v) is 5.30. The van der Waals surface area contributed by atoms with Crippen LogP contribution in [0.3, 0.4) is 0 Å². The first-order valence-electron chi connectivity index (χ1n) is 4.50. The van der Waals surface area contributed by atoms with E-state index in [0.717, 1.165) is 21.2 Å². The molecule has 0 bridgehead atoms. The lowest BCUT2D eigenvalue weighted by Gasteiger charge is -2.07. The van der Waals surface area contributed by atoms with Gasteiger partial charge in [0.25, 0.3) is 0 Å². The standard InChI is InChI=1S/C11H14BrNO/c1-7-4-8(2)11(12)9(5-7)10(14)6-13-3/h4-5,13H,6H2,1-3H3. The molecule has 0 atom stereocenters. The number of aryl methyl sites for hydroxylation is 2. The number of nitrogens with one attached hydrogen (secondary N) is 1. The van der Waals surface area contributed by atoms with Crippen molar-refractivity contribution in [2.45, 2.75) is 13.8 Å². The Morgan fingerprint density at radius 3 is 2.64 bits per heavy atom. The highest BCUT2D eigenvalue weighted by Gasteiger charge is 2.11. The van der Waals surface area contributed by atoms with Crippen LogP contribution in [0.5, 0.6) is 0 Å². The van der Waals surface area contributed by atoms with E-state index in [1.165, 1.54) is 0 Å². The number of benzene rings is 1. The van der Waals surface area contributed by atoms with Gasteiger partial charge in [-0.3, -0.25) is 4.79 Å². The van der Waals surface area contributed by atoms with E-state index in [-0.39, 0.29) is 5.78 Å². The Morgan fingerprint density at radius 1 is 1.43 bits per heavy atom. The van der Waals surface area contributed by atoms with Gasteiger partial charge in [-0.1, -0.05) is 11.6 Å². The Morgan fingerprint density at radius 2 is 2.07 bits per heavy atom. The molecule has 0 radical (unpaired) electrons. The van der Waals surface area contributed by atoms with Gasteiger partial charge in [0.1, 0.15) is 0 Å². The second-order valence-electron chi connectivity index (χ2n) is 3.40. The first kappa shape index (κ1) is 11.4. The highest BCUT2D eigenvalue weighted by molar-refractivity contribution is 9.10. The molecule has 0 spiro atoms. The predicted molar refractivity (Wildman–Crippen MR) is 61.9 cm³/mol. The van der Waals surface area contributed by atoms with E-state index in [4.69, 9.17) is 0 Å². The van der Waals surface area contributed by atoms with Crippen molar-refractivity contribution in [2.24, 2.45) is 0 Å². The number of Topliss-reactive ketones (excluding diaryl/α,β-unsaturated/α-hetero) is 1. The molecule has 0 saturated carbocycles. The quantitative estimate of drug-likeness (QED) is 0.842. The van der Waals surface area contributed by atoms with E-state index in [0.29, 0.717) is 6.54 Å². The van der Waals surface area contributed by atoms with Gasteiger partial charge in [0.2, 0.25) is 0 Å². The van der Waals surface area contributed by atoms with Crippen LogP contribution in [0.2, 0.25) is 0 Å². The molecule has 0 aliphatic rings. The molecule has 0 saturated heterocycles. The highest BCUT2D eigenvalue weighted by Crippen LogP contribution is 2.23. The summed E-state index contributed by atoms with van der Waals surface area (Å²) in [6, 6.07) is 3.97. The molecule has 2 nitrogen and oxygen atoms in total. The van der Waals surface area contributed by atoms with Crippen molar-refractivity contribution < 1.29 is 4.79 Å². The maximum atomic E-state index is 11.7. The van der Waals surface area contributed by atoms with Crippen molar-refractivity contribution >= 4 is 21.7 Å². The lowest BCUT2D eigenvalue weighted by atomic mass is 10.0. The van der Waals surface area contributed by atoms with Gasteiger partial charge in [-0.2, -0.15) is 0 Å². The molecule has 14 heavy (non-hydrogen) atoms. The zero-order valence-corrected chi connectivity index (χ0v) is 10.2. The first-order chi connectivity index (χ1) is 6.56. The van der Waals surface area contributed by atoms with Gasteiger partial charge in [0.15, 0.2) is 5.78 Å². The van der Waals surface area contributed by atoms with Crippen molar-refractivity contribution in [1.82, 2.24) is 5.32 Å². The maximum absolute atomic E-state index is 11.7. The molecule has 0 amide bonds. The second kappa shape index (κ2) is 4.71. The average Bonchev–Trinajstić information content (AvgIpc) is 2.11. The van der Waals surface area contributed by atoms with Crippen LogP contribution in [0.4, 0.5) is 0 Å². The molecule has 0 fully saturated rings. The number of ketones is 1. The summed E-state index contributed by atoms with van der Waals surface area (Å²) >= 11 is 3.44. The number of likely N-dealkylation sites (N-methyl/N-ethyl adjacent to an activating group) is 1. The largest absolute Gasteiger partial charge is 0.313 e. The van der Waals surface area contributed by atoms with E-state index < -0.39 is 0 Å². The number of hydrogen-bond donors (Lipinski definition) is 1. The van der Waals surface area contributed by atoms with E-state index in [1.807, 2.05) is 19.9 Å². The summed E-state index contributed by atoms with van der Waals surface area (Å²) in [4.78, 5) is 11.7. The normalized spacial score (nSPS) is 10.3. The fourth-order valence-corrected chi connectivity index (χ4v) is 1.86. The molecular weight excluding hydrogens is 242 g/mol. The molecule has 0 aromatic heterocycles. The number of rotatable bonds is 3. The summed E-state index contributed by atoms with van der Waals surface area (Å²) < 4.78 is 0.906. The van der Waals surface area contributed by atoms with E-state index >= 15 is 0 Å². The van der Waals surface area contributed by atoms with Crippen molar-refractivity contribution in [2.75, 3.05) is 13.6 Å². The summed E-state index contributed by atoms with van der Waals surface area (Å²) in [7, 11) is 1.77. The fourth-order valence-electron chi connectivity index (χ4n) is 1.41. The van der Waals surface area contributed by atoms with Crippen molar-refractivity contribution in [3.8, 4) is 0 Å². The number of halogens is 1. The zero-order chi connectivity index (χ0) is 10.7. The average molecular weight is 256 g/mol. The van der Waals surface area contributed by atoms with Gasteiger partial charge >= 0.3 is 0 Å². The van der Waals surface area contributed by atoms with Crippen LogP contribution < -0.4 is 5.32 Å². The molecular formula is C11H14BrNO. The fraction of sp³-hybridized carbons (Fsp3) is 0.364. The van der Waals surface area contributed by atoms with Gasteiger partial charge in [0, 0.05) is 10.0 Å². The monoisotopic (exact) mass is 255 g/mol. The Labute approximate surface area is 92.8 Å². The molecule has 1 rings (SSSR count). The molecule has 3 heteroatoms. The van der Waals surface area contributed by atoms with E-state index in [2.05, 4.69) is 27.3 Å². The number of carbonyl (C=O) groups is 1. The summed E-state index contributed by atoms with van der Waals surface area (Å²) in [6.07, 6.45) is 0. The van der Waals surface area contributed by atoms with Crippen LogP contribution in [0, 0.1) is 13.8 Å². The van der Waals surface area contributed by atoms with Crippen LogP contribution in [-0.2, 0) is 0 Å². The minimum absolute atomic E-state index is 0.117. The molecule has 0 aliphatic heterocycles. The molecule has 1 aromatic carbocycles. The Bertz CT molecular complexity index is 361. The number of hydrogen-bond acceptors (Lipinski definition) is 2. The van der Waals surface area contributed by atoms with Crippen LogP contribution in [-0.4, -0.2) is 19.4 Å². The van der Waals surface area contributed by atoms with E-state index in [9.17, 15) is 4.79 Å². The Balaban J connectivity index is 3.13.